The Bertz CT molecular complexity index is 270. The third-order valence-corrected chi connectivity index (χ3v) is 3.91. The van der Waals surface area contributed by atoms with Crippen LogP contribution in [0.4, 0.5) is 0 Å². The summed E-state index contributed by atoms with van der Waals surface area (Å²) in [6.45, 7) is 6.59. The fraction of sp³-hybridized carbons (Fsp3) is 0.929. The molecular formula is C14H25NO2. The molecule has 0 spiro atoms. The van der Waals surface area contributed by atoms with Crippen molar-refractivity contribution in [2.24, 2.45) is 11.8 Å². The molecule has 2 atom stereocenters. The molecule has 1 heterocycles. The summed E-state index contributed by atoms with van der Waals surface area (Å²) in [6.07, 6.45) is 6.25. The maximum atomic E-state index is 11.9. The third-order valence-electron chi connectivity index (χ3n) is 3.91. The first kappa shape index (κ1) is 12.9. The zero-order chi connectivity index (χ0) is 12.5. The Morgan fingerprint density at radius 3 is 2.29 bits per heavy atom. The summed E-state index contributed by atoms with van der Waals surface area (Å²) in [6, 6.07) is 0.655. The summed E-state index contributed by atoms with van der Waals surface area (Å²) in [5.74, 6) is 0.900. The van der Waals surface area contributed by atoms with Gasteiger partial charge in [0, 0.05) is 12.6 Å². The highest BCUT2D eigenvalue weighted by molar-refractivity contribution is 5.73. The summed E-state index contributed by atoms with van der Waals surface area (Å²) in [4.78, 5) is 11.9. The third kappa shape index (κ3) is 3.44. The van der Waals surface area contributed by atoms with Gasteiger partial charge in [0.05, 0.1) is 5.92 Å². The molecule has 1 N–H and O–H groups in total. The molecule has 0 amide bonds. The fourth-order valence-corrected chi connectivity index (χ4v) is 2.71. The molecule has 17 heavy (non-hydrogen) atoms. The molecule has 98 valence electrons. The lowest BCUT2D eigenvalue weighted by Gasteiger charge is -2.39. The van der Waals surface area contributed by atoms with Gasteiger partial charge in [-0.25, -0.2) is 0 Å². The van der Waals surface area contributed by atoms with Gasteiger partial charge in [-0.15, -0.1) is 0 Å². The van der Waals surface area contributed by atoms with E-state index in [2.05, 4.69) is 5.32 Å². The Kier molecular flexibility index (Phi) is 3.76. The number of rotatable bonds is 2. The summed E-state index contributed by atoms with van der Waals surface area (Å²) in [7, 11) is 0. The van der Waals surface area contributed by atoms with Crippen molar-refractivity contribution in [2.45, 2.75) is 64.5 Å². The van der Waals surface area contributed by atoms with E-state index in [4.69, 9.17) is 4.74 Å². The minimum Gasteiger partial charge on any atom is -0.460 e. The van der Waals surface area contributed by atoms with Crippen LogP contribution in [0.5, 0.6) is 0 Å². The molecule has 2 aliphatic rings. The number of carbonyl (C=O) groups is 1. The highest BCUT2D eigenvalue weighted by Crippen LogP contribution is 2.34. The van der Waals surface area contributed by atoms with Crippen LogP contribution in [-0.4, -0.2) is 24.2 Å². The van der Waals surface area contributed by atoms with Crippen molar-refractivity contribution in [3.8, 4) is 0 Å². The lowest BCUT2D eigenvalue weighted by Crippen LogP contribution is -2.48. The van der Waals surface area contributed by atoms with Gasteiger partial charge in [-0.05, 0) is 52.4 Å². The van der Waals surface area contributed by atoms with Gasteiger partial charge in [-0.3, -0.25) is 4.79 Å². The summed E-state index contributed by atoms with van der Waals surface area (Å²) in [5, 5.41) is 3.54. The van der Waals surface area contributed by atoms with Gasteiger partial charge in [0.2, 0.25) is 0 Å². The SMILES string of the molecule is CC(C)(C)OC(=O)[C@@H]1CC[C@@H](C2CCC2)NC1. The van der Waals surface area contributed by atoms with Crippen LogP contribution in [0, 0.1) is 11.8 Å². The van der Waals surface area contributed by atoms with E-state index in [1.165, 1.54) is 19.3 Å². The van der Waals surface area contributed by atoms with Crippen molar-refractivity contribution >= 4 is 5.97 Å². The molecule has 1 saturated carbocycles. The fourth-order valence-electron chi connectivity index (χ4n) is 2.71. The topological polar surface area (TPSA) is 38.3 Å². The zero-order valence-corrected chi connectivity index (χ0v) is 11.3. The van der Waals surface area contributed by atoms with E-state index < -0.39 is 0 Å². The van der Waals surface area contributed by atoms with Crippen molar-refractivity contribution in [3.63, 3.8) is 0 Å². The largest absolute Gasteiger partial charge is 0.460 e. The molecule has 1 saturated heterocycles. The summed E-state index contributed by atoms with van der Waals surface area (Å²) < 4.78 is 5.43. The van der Waals surface area contributed by atoms with Crippen molar-refractivity contribution in [2.75, 3.05) is 6.54 Å². The van der Waals surface area contributed by atoms with Crippen molar-refractivity contribution < 1.29 is 9.53 Å². The monoisotopic (exact) mass is 239 g/mol. The number of hydrogen-bond acceptors (Lipinski definition) is 3. The van der Waals surface area contributed by atoms with Gasteiger partial charge in [-0.2, -0.15) is 0 Å². The number of ether oxygens (including phenoxy) is 1. The summed E-state index contributed by atoms with van der Waals surface area (Å²) in [5.41, 5.74) is -0.359. The molecule has 0 aromatic heterocycles. The van der Waals surface area contributed by atoms with Crippen LogP contribution in [-0.2, 0) is 9.53 Å². The van der Waals surface area contributed by atoms with E-state index >= 15 is 0 Å². The molecule has 1 aliphatic carbocycles. The molecule has 0 bridgehead atoms. The maximum absolute atomic E-state index is 11.9. The second-order valence-corrected chi connectivity index (χ2v) is 6.51. The second-order valence-electron chi connectivity index (χ2n) is 6.51. The first-order chi connectivity index (χ1) is 7.96. The van der Waals surface area contributed by atoms with Crippen LogP contribution in [0.25, 0.3) is 0 Å². The Morgan fingerprint density at radius 2 is 1.88 bits per heavy atom. The molecule has 1 aliphatic heterocycles. The molecular weight excluding hydrogens is 214 g/mol. The average molecular weight is 239 g/mol. The zero-order valence-electron chi connectivity index (χ0n) is 11.3. The van der Waals surface area contributed by atoms with Crippen molar-refractivity contribution in [1.29, 1.82) is 0 Å². The maximum Gasteiger partial charge on any atom is 0.310 e. The van der Waals surface area contributed by atoms with Gasteiger partial charge in [0.25, 0.3) is 0 Å². The highest BCUT2D eigenvalue weighted by atomic mass is 16.6. The molecule has 0 aromatic carbocycles. The molecule has 2 fully saturated rings. The number of esters is 1. The van der Waals surface area contributed by atoms with Gasteiger partial charge in [-0.1, -0.05) is 6.42 Å². The lowest BCUT2D eigenvalue weighted by atomic mass is 9.76. The first-order valence-electron chi connectivity index (χ1n) is 6.92. The Balaban J connectivity index is 1.76. The van der Waals surface area contributed by atoms with E-state index in [1.54, 1.807) is 0 Å². The van der Waals surface area contributed by atoms with Gasteiger partial charge in [0.1, 0.15) is 5.60 Å². The Morgan fingerprint density at radius 1 is 1.18 bits per heavy atom. The van der Waals surface area contributed by atoms with Crippen molar-refractivity contribution in [1.82, 2.24) is 5.32 Å². The molecule has 0 radical (unpaired) electrons. The number of hydrogen-bond donors (Lipinski definition) is 1. The Labute approximate surface area is 104 Å². The average Bonchev–Trinajstić information content (AvgIpc) is 2.13. The molecule has 3 nitrogen and oxygen atoms in total. The molecule has 0 unspecified atom stereocenters. The number of piperidine rings is 1. The Hall–Kier alpha value is -0.570. The van der Waals surface area contributed by atoms with Crippen LogP contribution < -0.4 is 5.32 Å². The van der Waals surface area contributed by atoms with Crippen LogP contribution in [0.2, 0.25) is 0 Å². The minimum absolute atomic E-state index is 0.0305. The molecule has 3 heteroatoms. The van der Waals surface area contributed by atoms with Crippen LogP contribution in [0.1, 0.15) is 52.9 Å². The normalized spacial score (nSPS) is 30.8. The van der Waals surface area contributed by atoms with E-state index in [-0.39, 0.29) is 17.5 Å². The van der Waals surface area contributed by atoms with Crippen LogP contribution in [0.3, 0.4) is 0 Å². The minimum atomic E-state index is -0.359. The van der Waals surface area contributed by atoms with Gasteiger partial charge >= 0.3 is 5.97 Å². The summed E-state index contributed by atoms with van der Waals surface area (Å²) >= 11 is 0. The second kappa shape index (κ2) is 4.97. The predicted molar refractivity (Wildman–Crippen MR) is 67.7 cm³/mol. The van der Waals surface area contributed by atoms with Gasteiger partial charge in [0.15, 0.2) is 0 Å². The van der Waals surface area contributed by atoms with E-state index in [0.29, 0.717) is 6.04 Å². The number of carbonyl (C=O) groups excluding carboxylic acids is 1. The van der Waals surface area contributed by atoms with E-state index in [9.17, 15) is 4.79 Å². The van der Waals surface area contributed by atoms with Crippen LogP contribution >= 0.6 is 0 Å². The number of nitrogens with one attached hydrogen (secondary N) is 1. The molecule has 0 aromatic rings. The smallest absolute Gasteiger partial charge is 0.310 e. The predicted octanol–water partition coefficient (Wildman–Crippen LogP) is 2.50. The quantitative estimate of drug-likeness (QED) is 0.752. The van der Waals surface area contributed by atoms with Crippen molar-refractivity contribution in [3.05, 3.63) is 0 Å². The standard InChI is InChI=1S/C14H25NO2/c1-14(2,3)17-13(16)11-7-8-12(15-9-11)10-5-4-6-10/h10-12,15H,4-9H2,1-3H3/t11-,12+/m1/s1. The van der Waals surface area contributed by atoms with Gasteiger partial charge < -0.3 is 10.1 Å². The van der Waals surface area contributed by atoms with E-state index in [0.717, 1.165) is 25.3 Å². The highest BCUT2D eigenvalue weighted by Gasteiger charge is 2.34. The molecule has 2 rings (SSSR count). The lowest BCUT2D eigenvalue weighted by molar-refractivity contribution is -0.160. The van der Waals surface area contributed by atoms with E-state index in [1.807, 2.05) is 20.8 Å². The first-order valence-corrected chi connectivity index (χ1v) is 6.92. The van der Waals surface area contributed by atoms with Crippen LogP contribution in [0.15, 0.2) is 0 Å².